The van der Waals surface area contributed by atoms with E-state index in [0.717, 1.165) is 24.9 Å². The fourth-order valence-electron chi connectivity index (χ4n) is 3.53. The van der Waals surface area contributed by atoms with Crippen LogP contribution in [0.15, 0.2) is 30.3 Å². The number of likely N-dealkylation sites (tertiary alicyclic amines) is 1. The zero-order valence-corrected chi connectivity index (χ0v) is 13.9. The number of benzene rings is 1. The van der Waals surface area contributed by atoms with Gasteiger partial charge in [0.1, 0.15) is 0 Å². The molecule has 2 unspecified atom stereocenters. The molecule has 0 aromatic heterocycles. The highest BCUT2D eigenvalue weighted by molar-refractivity contribution is 5.80. The average molecular weight is 331 g/mol. The second-order valence-electron chi connectivity index (χ2n) is 6.53. The summed E-state index contributed by atoms with van der Waals surface area (Å²) in [4.78, 5) is 28.3. The fraction of sp³-hybridized carbons (Fsp3) is 0.556. The number of hydrogen-bond acceptors (Lipinski definition) is 4. The number of carbonyl (C=O) groups excluding carboxylic acids is 2. The van der Waals surface area contributed by atoms with Crippen molar-refractivity contribution in [3.63, 3.8) is 0 Å². The number of nitrogens with one attached hydrogen (secondary N) is 1. The van der Waals surface area contributed by atoms with E-state index in [-0.39, 0.29) is 24.3 Å². The average Bonchev–Trinajstić information content (AvgIpc) is 2.63. The molecule has 130 valence electrons. The van der Waals surface area contributed by atoms with Crippen molar-refractivity contribution in [3.05, 3.63) is 35.9 Å². The van der Waals surface area contributed by atoms with Crippen LogP contribution in [0.5, 0.6) is 0 Å². The molecule has 1 aromatic rings. The summed E-state index contributed by atoms with van der Waals surface area (Å²) in [6, 6.07) is 9.36. The molecule has 0 radical (unpaired) electrons. The number of aliphatic hydroxyl groups excluding tert-OH is 1. The smallest absolute Gasteiger partial charge is 0.236 e. The Labute approximate surface area is 142 Å². The monoisotopic (exact) mass is 331 g/mol. The zero-order valence-electron chi connectivity index (χ0n) is 13.9. The van der Waals surface area contributed by atoms with Gasteiger partial charge in [-0.25, -0.2) is 0 Å². The number of piperidine rings is 1. The molecule has 1 aromatic carbocycles. The lowest BCUT2D eigenvalue weighted by Crippen LogP contribution is -2.57. The molecule has 6 heteroatoms. The summed E-state index contributed by atoms with van der Waals surface area (Å²) in [5, 5.41) is 13.3. The molecule has 0 bridgehead atoms. The molecule has 6 nitrogen and oxygen atoms in total. The quantitative estimate of drug-likeness (QED) is 0.844. The molecule has 0 spiro atoms. The van der Waals surface area contributed by atoms with Crippen LogP contribution in [0.3, 0.4) is 0 Å². The number of amides is 2. The van der Waals surface area contributed by atoms with Gasteiger partial charge in [0.05, 0.1) is 19.1 Å². The van der Waals surface area contributed by atoms with Crippen LogP contribution in [-0.2, 0) is 9.59 Å². The normalized spacial score (nSPS) is 23.2. The van der Waals surface area contributed by atoms with Gasteiger partial charge >= 0.3 is 0 Å². The zero-order chi connectivity index (χ0) is 16.9. The van der Waals surface area contributed by atoms with Crippen LogP contribution in [0.2, 0.25) is 0 Å². The molecule has 0 aliphatic carbocycles. The minimum Gasteiger partial charge on any atom is -0.388 e. The van der Waals surface area contributed by atoms with E-state index in [1.165, 1.54) is 0 Å². The van der Waals surface area contributed by atoms with Crippen molar-refractivity contribution < 1.29 is 14.7 Å². The summed E-state index contributed by atoms with van der Waals surface area (Å²) in [5.74, 6) is 0.0727. The van der Waals surface area contributed by atoms with Crippen LogP contribution in [-0.4, -0.2) is 65.5 Å². The van der Waals surface area contributed by atoms with Crippen LogP contribution in [0, 0.1) is 0 Å². The Morgan fingerprint density at radius 1 is 1.29 bits per heavy atom. The molecule has 2 N–H and O–H groups in total. The van der Waals surface area contributed by atoms with Gasteiger partial charge in [-0.05, 0) is 18.4 Å². The number of piperazine rings is 1. The number of nitrogens with zero attached hydrogens (tertiary/aromatic N) is 2. The summed E-state index contributed by atoms with van der Waals surface area (Å²) in [6.07, 6.45) is 1.15. The van der Waals surface area contributed by atoms with Crippen LogP contribution in [0.4, 0.5) is 0 Å². The van der Waals surface area contributed by atoms with Crippen molar-refractivity contribution in [2.75, 3.05) is 32.7 Å². The van der Waals surface area contributed by atoms with E-state index in [1.807, 2.05) is 35.2 Å². The Bertz CT molecular complexity index is 578. The standard InChI is InChI=1S/C18H25N3O3/c22-16(14-5-2-1-3-6-14)11-17(23)20-9-4-7-15(13-20)21-10-8-19-12-18(21)24/h1-3,5-6,15-16,19,22H,4,7-13H2. The molecule has 24 heavy (non-hydrogen) atoms. The lowest BCUT2D eigenvalue weighted by Gasteiger charge is -2.41. The first-order valence-electron chi connectivity index (χ1n) is 8.66. The Kier molecular flexibility index (Phi) is 5.48. The number of rotatable bonds is 4. The largest absolute Gasteiger partial charge is 0.388 e. The summed E-state index contributed by atoms with van der Waals surface area (Å²) in [5.41, 5.74) is 0.761. The lowest BCUT2D eigenvalue weighted by atomic mass is 10.0. The van der Waals surface area contributed by atoms with Gasteiger partial charge in [-0.1, -0.05) is 30.3 Å². The second-order valence-corrected chi connectivity index (χ2v) is 6.53. The lowest BCUT2D eigenvalue weighted by molar-refractivity contribution is -0.141. The first-order chi connectivity index (χ1) is 11.6. The van der Waals surface area contributed by atoms with Crippen molar-refractivity contribution in [1.82, 2.24) is 15.1 Å². The van der Waals surface area contributed by atoms with Gasteiger partial charge in [0, 0.05) is 32.2 Å². The maximum Gasteiger partial charge on any atom is 0.236 e. The number of hydrogen-bond donors (Lipinski definition) is 2. The van der Waals surface area contributed by atoms with Crippen LogP contribution >= 0.6 is 0 Å². The molecule has 2 fully saturated rings. The summed E-state index contributed by atoms with van der Waals surface area (Å²) < 4.78 is 0. The molecule has 3 rings (SSSR count). The first kappa shape index (κ1) is 16.9. The predicted molar refractivity (Wildman–Crippen MR) is 90.2 cm³/mol. The Morgan fingerprint density at radius 2 is 2.08 bits per heavy atom. The predicted octanol–water partition coefficient (Wildman–Crippen LogP) is 0.533. The molecule has 2 aliphatic rings. The summed E-state index contributed by atoms with van der Waals surface area (Å²) >= 11 is 0. The van der Waals surface area contributed by atoms with Gasteiger partial charge in [0.25, 0.3) is 0 Å². The highest BCUT2D eigenvalue weighted by atomic mass is 16.3. The first-order valence-corrected chi connectivity index (χ1v) is 8.66. The number of carbonyl (C=O) groups is 2. The minimum atomic E-state index is -0.778. The maximum atomic E-state index is 12.5. The Hall–Kier alpha value is -1.92. The Morgan fingerprint density at radius 3 is 2.83 bits per heavy atom. The molecule has 2 atom stereocenters. The third-order valence-corrected chi connectivity index (χ3v) is 4.87. The van der Waals surface area contributed by atoms with Crippen molar-refractivity contribution in [3.8, 4) is 0 Å². The summed E-state index contributed by atoms with van der Waals surface area (Å²) in [7, 11) is 0. The van der Waals surface area contributed by atoms with Gasteiger partial charge in [-0.3, -0.25) is 9.59 Å². The van der Waals surface area contributed by atoms with Gasteiger partial charge < -0.3 is 20.2 Å². The van der Waals surface area contributed by atoms with Crippen molar-refractivity contribution >= 4 is 11.8 Å². The van der Waals surface area contributed by atoms with E-state index in [0.29, 0.717) is 26.2 Å². The molecular weight excluding hydrogens is 306 g/mol. The van der Waals surface area contributed by atoms with Crippen molar-refractivity contribution in [2.24, 2.45) is 0 Å². The van der Waals surface area contributed by atoms with E-state index in [9.17, 15) is 14.7 Å². The second kappa shape index (κ2) is 7.77. The van der Waals surface area contributed by atoms with Crippen LogP contribution in [0.1, 0.15) is 30.9 Å². The highest BCUT2D eigenvalue weighted by Gasteiger charge is 2.32. The molecule has 2 saturated heterocycles. The maximum absolute atomic E-state index is 12.5. The van der Waals surface area contributed by atoms with E-state index in [4.69, 9.17) is 0 Å². The Balaban J connectivity index is 1.57. The third-order valence-electron chi connectivity index (χ3n) is 4.87. The molecular formula is C18H25N3O3. The van der Waals surface area contributed by atoms with E-state index >= 15 is 0 Å². The van der Waals surface area contributed by atoms with Crippen LogP contribution in [0.25, 0.3) is 0 Å². The third kappa shape index (κ3) is 3.94. The van der Waals surface area contributed by atoms with Crippen molar-refractivity contribution in [1.29, 1.82) is 0 Å². The molecule has 2 amide bonds. The molecule has 0 saturated carbocycles. The van der Waals surface area contributed by atoms with Gasteiger partial charge in [0.15, 0.2) is 0 Å². The van der Waals surface area contributed by atoms with E-state index in [2.05, 4.69) is 5.32 Å². The van der Waals surface area contributed by atoms with Gasteiger partial charge in [0.2, 0.25) is 11.8 Å². The number of aliphatic hydroxyl groups is 1. The minimum absolute atomic E-state index is 0.0429. The highest BCUT2D eigenvalue weighted by Crippen LogP contribution is 2.21. The molecule has 2 aliphatic heterocycles. The van der Waals surface area contributed by atoms with Crippen molar-refractivity contribution in [2.45, 2.75) is 31.4 Å². The topological polar surface area (TPSA) is 72.9 Å². The molecule has 2 heterocycles. The SMILES string of the molecule is O=C(CC(O)c1ccccc1)N1CCCC(N2CCNCC2=O)C1. The van der Waals surface area contributed by atoms with E-state index in [1.54, 1.807) is 4.90 Å². The van der Waals surface area contributed by atoms with Gasteiger partial charge in [-0.15, -0.1) is 0 Å². The van der Waals surface area contributed by atoms with E-state index < -0.39 is 6.10 Å². The fourth-order valence-corrected chi connectivity index (χ4v) is 3.53. The van der Waals surface area contributed by atoms with Crippen LogP contribution < -0.4 is 5.32 Å². The summed E-state index contributed by atoms with van der Waals surface area (Å²) in [6.45, 7) is 3.18. The van der Waals surface area contributed by atoms with Gasteiger partial charge in [-0.2, -0.15) is 0 Å².